The number of rotatable bonds is 4. The van der Waals surface area contributed by atoms with Crippen molar-refractivity contribution >= 4 is 28.4 Å². The lowest BCUT2D eigenvalue weighted by Crippen LogP contribution is -2.21. The summed E-state index contributed by atoms with van der Waals surface area (Å²) in [5, 5.41) is 10.3. The molecular formula is C23H20F3N7O. The van der Waals surface area contributed by atoms with Gasteiger partial charge >= 0.3 is 6.18 Å². The molecule has 8 nitrogen and oxygen atoms in total. The zero-order valence-electron chi connectivity index (χ0n) is 18.1. The fraction of sp³-hybridized carbons (Fsp3) is 0.261. The molecule has 174 valence electrons. The van der Waals surface area contributed by atoms with Crippen molar-refractivity contribution in [2.45, 2.75) is 25.4 Å². The second-order valence-electron chi connectivity index (χ2n) is 8.25. The number of pyridine rings is 1. The van der Waals surface area contributed by atoms with Gasteiger partial charge in [-0.2, -0.15) is 18.3 Å². The quantitative estimate of drug-likeness (QED) is 0.464. The number of amides is 1. The van der Waals surface area contributed by atoms with E-state index in [1.165, 1.54) is 12.5 Å². The number of carbonyl (C=O) groups excluding carboxylic acids is 1. The van der Waals surface area contributed by atoms with Gasteiger partial charge in [-0.05, 0) is 42.7 Å². The number of hydrogen-bond acceptors (Lipinski definition) is 6. The molecule has 11 heteroatoms. The Kier molecular flexibility index (Phi) is 5.39. The Morgan fingerprint density at radius 2 is 2.03 bits per heavy atom. The van der Waals surface area contributed by atoms with Gasteiger partial charge in [-0.3, -0.25) is 14.9 Å². The van der Waals surface area contributed by atoms with Crippen molar-refractivity contribution in [3.8, 4) is 0 Å². The number of aromatic amines is 1. The lowest BCUT2D eigenvalue weighted by molar-refractivity contribution is -0.137. The molecule has 1 atom stereocenters. The van der Waals surface area contributed by atoms with Gasteiger partial charge in [0.15, 0.2) is 5.65 Å². The summed E-state index contributed by atoms with van der Waals surface area (Å²) in [6.45, 7) is 3.48. The molecule has 34 heavy (non-hydrogen) atoms. The number of H-pyrrole nitrogens is 1. The highest BCUT2D eigenvalue weighted by molar-refractivity contribution is 6.04. The van der Waals surface area contributed by atoms with Crippen LogP contribution >= 0.6 is 0 Å². The third-order valence-electron chi connectivity index (χ3n) is 6.02. The summed E-state index contributed by atoms with van der Waals surface area (Å²) in [6.07, 6.45) is 1.45. The predicted molar refractivity (Wildman–Crippen MR) is 120 cm³/mol. The van der Waals surface area contributed by atoms with Crippen molar-refractivity contribution < 1.29 is 18.0 Å². The van der Waals surface area contributed by atoms with Gasteiger partial charge in [0.1, 0.15) is 12.1 Å². The number of carbonyl (C=O) groups is 1. The molecule has 0 radical (unpaired) electrons. The highest BCUT2D eigenvalue weighted by atomic mass is 19.4. The van der Waals surface area contributed by atoms with Crippen molar-refractivity contribution in [2.24, 2.45) is 0 Å². The van der Waals surface area contributed by atoms with Crippen LogP contribution < -0.4 is 10.2 Å². The number of anilines is 2. The molecule has 1 saturated heterocycles. The Morgan fingerprint density at radius 1 is 1.18 bits per heavy atom. The molecule has 2 N–H and O–H groups in total. The first-order valence-electron chi connectivity index (χ1n) is 10.6. The Morgan fingerprint density at radius 3 is 2.85 bits per heavy atom. The predicted octanol–water partition coefficient (Wildman–Crippen LogP) is 4.32. The molecular weight excluding hydrogens is 447 g/mol. The number of aromatic nitrogens is 5. The maximum absolute atomic E-state index is 13.0. The normalized spacial score (nSPS) is 16.2. The zero-order chi connectivity index (χ0) is 23.9. The summed E-state index contributed by atoms with van der Waals surface area (Å²) in [5.41, 5.74) is 2.18. The minimum absolute atomic E-state index is 0.0121. The van der Waals surface area contributed by atoms with Crippen molar-refractivity contribution in [3.63, 3.8) is 0 Å². The second kappa shape index (κ2) is 8.40. The van der Waals surface area contributed by atoms with Gasteiger partial charge in [0.2, 0.25) is 0 Å². The molecule has 5 rings (SSSR count). The average Bonchev–Trinajstić information content (AvgIpc) is 3.49. The fourth-order valence-electron chi connectivity index (χ4n) is 4.30. The van der Waals surface area contributed by atoms with E-state index in [0.29, 0.717) is 17.8 Å². The molecule has 0 aliphatic carbocycles. The largest absolute Gasteiger partial charge is 0.417 e. The van der Waals surface area contributed by atoms with Crippen molar-refractivity contribution in [1.29, 1.82) is 0 Å². The van der Waals surface area contributed by atoms with Crippen LogP contribution in [-0.2, 0) is 6.18 Å². The van der Waals surface area contributed by atoms with Crippen molar-refractivity contribution in [1.82, 2.24) is 25.1 Å². The Balaban J connectivity index is 1.35. The van der Waals surface area contributed by atoms with E-state index in [0.717, 1.165) is 47.6 Å². The SMILES string of the molecule is Cc1ccc(C(=O)Nc2cncc(C(F)(F)F)c2)cc1[C@@H]1CCN(c2ncnc3[nH]ncc23)C1. The van der Waals surface area contributed by atoms with Gasteiger partial charge in [0.05, 0.1) is 29.0 Å². The summed E-state index contributed by atoms with van der Waals surface area (Å²) in [5.74, 6) is 0.484. The standard InChI is InChI=1S/C23H20F3N7O/c1-13-2-3-14(22(34)31-17-7-16(8-27-9-17)23(24,25)26)6-18(13)15-4-5-33(11-15)21-19-10-30-32-20(19)28-12-29-21/h2-3,6-10,12,15H,4-5,11H2,1H3,(H,31,34)(H,28,29,30,32)/t15-/m1/s1. The van der Waals surface area contributed by atoms with E-state index in [2.05, 4.69) is 35.4 Å². The Bertz CT molecular complexity index is 1370. The molecule has 0 saturated carbocycles. The summed E-state index contributed by atoms with van der Waals surface area (Å²) >= 11 is 0. The minimum atomic E-state index is -4.54. The molecule has 0 bridgehead atoms. The smallest absolute Gasteiger partial charge is 0.355 e. The van der Waals surface area contributed by atoms with E-state index < -0.39 is 17.6 Å². The first kappa shape index (κ1) is 21.8. The third-order valence-corrected chi connectivity index (χ3v) is 6.02. The van der Waals surface area contributed by atoms with Crippen LogP contribution in [0.25, 0.3) is 11.0 Å². The number of nitrogens with zero attached hydrogens (tertiary/aromatic N) is 5. The van der Waals surface area contributed by atoms with Gasteiger partial charge in [-0.25, -0.2) is 9.97 Å². The summed E-state index contributed by atoms with van der Waals surface area (Å²) in [7, 11) is 0. The maximum Gasteiger partial charge on any atom is 0.417 e. The molecule has 1 fully saturated rings. The van der Waals surface area contributed by atoms with Crippen LogP contribution in [0, 0.1) is 6.92 Å². The third kappa shape index (κ3) is 4.16. The molecule has 1 amide bonds. The van der Waals surface area contributed by atoms with Gasteiger partial charge in [-0.1, -0.05) is 6.07 Å². The van der Waals surface area contributed by atoms with E-state index in [1.54, 1.807) is 12.3 Å². The second-order valence-corrected chi connectivity index (χ2v) is 8.25. The van der Waals surface area contributed by atoms with E-state index >= 15 is 0 Å². The Hall–Kier alpha value is -4.02. The van der Waals surface area contributed by atoms with Crippen LogP contribution in [-0.4, -0.2) is 44.1 Å². The molecule has 0 spiro atoms. The Labute approximate surface area is 192 Å². The number of aryl methyl sites for hydroxylation is 1. The van der Waals surface area contributed by atoms with Gasteiger partial charge in [-0.15, -0.1) is 0 Å². The first-order valence-corrected chi connectivity index (χ1v) is 10.6. The number of hydrogen-bond donors (Lipinski definition) is 2. The van der Waals surface area contributed by atoms with E-state index in [4.69, 9.17) is 0 Å². The first-order chi connectivity index (χ1) is 16.3. The highest BCUT2D eigenvalue weighted by Crippen LogP contribution is 2.34. The van der Waals surface area contributed by atoms with E-state index in [1.807, 2.05) is 19.1 Å². The lowest BCUT2D eigenvalue weighted by Gasteiger charge is -2.19. The van der Waals surface area contributed by atoms with Gasteiger partial charge in [0, 0.05) is 30.8 Å². The fourth-order valence-corrected chi connectivity index (χ4v) is 4.30. The highest BCUT2D eigenvalue weighted by Gasteiger charge is 2.31. The molecule has 0 unspecified atom stereocenters. The number of fused-ring (bicyclic) bond motifs is 1. The molecule has 1 aliphatic rings. The monoisotopic (exact) mass is 467 g/mol. The average molecular weight is 467 g/mol. The van der Waals surface area contributed by atoms with Crippen LogP contribution in [0.5, 0.6) is 0 Å². The number of halogens is 3. The molecule has 1 aromatic carbocycles. The van der Waals surface area contributed by atoms with Crippen LogP contribution in [0.2, 0.25) is 0 Å². The van der Waals surface area contributed by atoms with Crippen LogP contribution in [0.1, 0.15) is 39.4 Å². The van der Waals surface area contributed by atoms with Crippen LogP contribution in [0.15, 0.2) is 49.2 Å². The molecule has 4 heterocycles. The number of benzene rings is 1. The topological polar surface area (TPSA) is 99.7 Å². The van der Waals surface area contributed by atoms with Crippen molar-refractivity contribution in [3.05, 3.63) is 71.4 Å². The van der Waals surface area contributed by atoms with Crippen LogP contribution in [0.3, 0.4) is 0 Å². The lowest BCUT2D eigenvalue weighted by atomic mass is 9.92. The van der Waals surface area contributed by atoms with Gasteiger partial charge < -0.3 is 10.2 Å². The van der Waals surface area contributed by atoms with Gasteiger partial charge in [0.25, 0.3) is 5.91 Å². The maximum atomic E-state index is 13.0. The van der Waals surface area contributed by atoms with E-state index in [-0.39, 0.29) is 11.6 Å². The summed E-state index contributed by atoms with van der Waals surface area (Å²) in [6, 6.07) is 6.21. The van der Waals surface area contributed by atoms with Crippen LogP contribution in [0.4, 0.5) is 24.7 Å². The van der Waals surface area contributed by atoms with Crippen molar-refractivity contribution in [2.75, 3.05) is 23.3 Å². The molecule has 3 aromatic heterocycles. The molecule has 4 aromatic rings. The zero-order valence-corrected chi connectivity index (χ0v) is 18.1. The number of alkyl halides is 3. The minimum Gasteiger partial charge on any atom is -0.355 e. The summed E-state index contributed by atoms with van der Waals surface area (Å²) < 4.78 is 38.9. The summed E-state index contributed by atoms with van der Waals surface area (Å²) in [4.78, 5) is 27.2. The number of nitrogens with one attached hydrogen (secondary N) is 2. The molecule has 1 aliphatic heterocycles. The van der Waals surface area contributed by atoms with E-state index in [9.17, 15) is 18.0 Å².